The summed E-state index contributed by atoms with van der Waals surface area (Å²) in [4.78, 5) is 7.74. The summed E-state index contributed by atoms with van der Waals surface area (Å²) in [5, 5.41) is 0. The molecule has 0 aliphatic rings. The molecule has 82 valence electrons. The normalized spacial score (nSPS) is 8.75. The van der Waals surface area contributed by atoms with Crippen LogP contribution in [-0.4, -0.2) is 15.4 Å². The first-order valence-corrected chi connectivity index (χ1v) is 4.60. The molecule has 0 saturated heterocycles. The lowest BCUT2D eigenvalue weighted by molar-refractivity contribution is 0.602. The number of hydrogen-bond acceptors (Lipinski definition) is 3. The van der Waals surface area contributed by atoms with E-state index in [0.29, 0.717) is 0 Å². The summed E-state index contributed by atoms with van der Waals surface area (Å²) >= 11 is 0. The van der Waals surface area contributed by atoms with Gasteiger partial charge in [0, 0.05) is 12.4 Å². The minimum Gasteiger partial charge on any atom is -0.443 e. The Morgan fingerprint density at radius 2 is 1.62 bits per heavy atom. The lowest BCUT2D eigenvalue weighted by Crippen LogP contribution is -1.61. The number of aromatic nitrogens is 2. The Kier molecular flexibility index (Phi) is 4.69. The summed E-state index contributed by atoms with van der Waals surface area (Å²) in [5.74, 6) is 0. The van der Waals surface area contributed by atoms with Crippen LogP contribution in [0.3, 0.4) is 0 Å². The smallest absolute Gasteiger partial charge is 0.181 e. The molecule has 0 unspecified atom stereocenters. The van der Waals surface area contributed by atoms with E-state index in [-0.39, 0.29) is 5.48 Å². The number of fused-ring (bicyclic) bond motifs is 1. The third kappa shape index (κ3) is 3.18. The van der Waals surface area contributed by atoms with Crippen molar-refractivity contribution in [2.75, 3.05) is 0 Å². The van der Waals surface area contributed by atoms with Crippen LogP contribution >= 0.6 is 0 Å². The van der Waals surface area contributed by atoms with Crippen LogP contribution in [0, 0.1) is 0 Å². The molecule has 0 aliphatic carbocycles. The molecular weight excluding hydrogens is 204 g/mol. The molecule has 2 aromatic heterocycles. The lowest BCUT2D eigenvalue weighted by Gasteiger charge is -1.79. The quantitative estimate of drug-likeness (QED) is 0.577. The zero-order valence-electron chi connectivity index (χ0n) is 8.58. The highest BCUT2D eigenvalue weighted by atomic mass is 16.3. The van der Waals surface area contributed by atoms with Crippen LogP contribution in [0.15, 0.2) is 65.7 Å². The van der Waals surface area contributed by atoms with Crippen molar-refractivity contribution in [2.24, 2.45) is 0 Å². The number of hydrogen-bond donors (Lipinski definition) is 0. The second-order valence-corrected chi connectivity index (χ2v) is 2.84. The van der Waals surface area contributed by atoms with Crippen LogP contribution in [0.1, 0.15) is 0 Å². The van der Waals surface area contributed by atoms with Crippen LogP contribution < -0.4 is 0 Å². The van der Waals surface area contributed by atoms with Gasteiger partial charge in [0.25, 0.3) is 0 Å². The predicted octanol–water partition coefficient (Wildman–Crippen LogP) is 2.08. The Bertz CT molecular complexity index is 451. The van der Waals surface area contributed by atoms with E-state index in [1.807, 2.05) is 42.5 Å². The average Bonchev–Trinajstić information content (AvgIpc) is 2.80. The molecule has 0 spiro atoms. The summed E-state index contributed by atoms with van der Waals surface area (Å²) in [5.41, 5.74) is 1.76. The van der Waals surface area contributed by atoms with Crippen molar-refractivity contribution in [3.05, 3.63) is 61.3 Å². The molecule has 0 amide bonds. The van der Waals surface area contributed by atoms with E-state index in [4.69, 9.17) is 4.42 Å². The van der Waals surface area contributed by atoms with Gasteiger partial charge >= 0.3 is 0 Å². The maximum atomic E-state index is 5.01. The van der Waals surface area contributed by atoms with Crippen molar-refractivity contribution in [1.82, 2.24) is 9.97 Å². The minimum atomic E-state index is 0. The number of nitrogens with zero attached hydrogens (tertiary/aromatic N) is 2. The number of rotatable bonds is 0. The Labute approximate surface area is 92.9 Å². The fraction of sp³-hybridized carbons (Fsp3) is 0. The molecule has 0 bridgehead atoms. The van der Waals surface area contributed by atoms with Crippen molar-refractivity contribution in [1.29, 1.82) is 0 Å². The topological polar surface area (TPSA) is 70.4 Å². The number of pyridine rings is 1. The van der Waals surface area contributed by atoms with E-state index in [0.717, 1.165) is 11.1 Å². The first-order valence-electron chi connectivity index (χ1n) is 4.60. The molecule has 0 fully saturated rings. The van der Waals surface area contributed by atoms with Gasteiger partial charge in [0.05, 0.1) is 0 Å². The predicted molar refractivity (Wildman–Crippen MR) is 61.9 cm³/mol. The zero-order valence-corrected chi connectivity index (χ0v) is 8.58. The summed E-state index contributed by atoms with van der Waals surface area (Å²) in [7, 11) is 0. The van der Waals surface area contributed by atoms with Crippen molar-refractivity contribution in [3.63, 3.8) is 0 Å². The van der Waals surface area contributed by atoms with Gasteiger partial charge in [0.15, 0.2) is 12.0 Å². The summed E-state index contributed by atoms with van der Waals surface area (Å²) in [6.45, 7) is 0. The number of para-hydroxylation sites is 2. The summed E-state index contributed by atoms with van der Waals surface area (Å²) in [6.07, 6.45) is 4.95. The third-order valence-corrected chi connectivity index (χ3v) is 1.80. The highest BCUT2D eigenvalue weighted by Gasteiger charge is 1.91. The van der Waals surface area contributed by atoms with Crippen LogP contribution in [0.2, 0.25) is 0 Å². The maximum Gasteiger partial charge on any atom is 0.181 e. The fourth-order valence-corrected chi connectivity index (χ4v) is 1.12. The molecular formula is C12H12N2O2. The molecule has 1 aromatic carbocycles. The van der Waals surface area contributed by atoms with Crippen LogP contribution in [-0.2, 0) is 0 Å². The zero-order chi connectivity index (χ0) is 10.3. The van der Waals surface area contributed by atoms with E-state index in [1.54, 1.807) is 12.4 Å². The van der Waals surface area contributed by atoms with Crippen LogP contribution in [0.25, 0.3) is 11.1 Å². The minimum absolute atomic E-state index is 0. The molecule has 2 N–H and O–H groups in total. The maximum absolute atomic E-state index is 5.01. The third-order valence-electron chi connectivity index (χ3n) is 1.80. The molecule has 16 heavy (non-hydrogen) atoms. The van der Waals surface area contributed by atoms with Gasteiger partial charge in [0.2, 0.25) is 0 Å². The second-order valence-electron chi connectivity index (χ2n) is 2.84. The summed E-state index contributed by atoms with van der Waals surface area (Å²) in [6, 6.07) is 13.4. The average molecular weight is 216 g/mol. The van der Waals surface area contributed by atoms with Crippen molar-refractivity contribution < 1.29 is 9.89 Å². The molecule has 0 radical (unpaired) electrons. The van der Waals surface area contributed by atoms with E-state index < -0.39 is 0 Å². The second kappa shape index (κ2) is 6.31. The first kappa shape index (κ1) is 11.9. The monoisotopic (exact) mass is 216 g/mol. The molecule has 4 nitrogen and oxygen atoms in total. The van der Waals surface area contributed by atoms with Gasteiger partial charge < -0.3 is 9.89 Å². The van der Waals surface area contributed by atoms with Gasteiger partial charge in [-0.05, 0) is 24.3 Å². The first-order chi connectivity index (χ1) is 7.47. The molecule has 3 aromatic rings. The Balaban J connectivity index is 0.000000162. The SMILES string of the molecule is O.c1ccc2ocnc2c1.c1ccncc1. The molecule has 4 heteroatoms. The summed E-state index contributed by atoms with van der Waals surface area (Å²) < 4.78 is 5.01. The molecule has 2 heterocycles. The van der Waals surface area contributed by atoms with E-state index in [2.05, 4.69) is 9.97 Å². The van der Waals surface area contributed by atoms with E-state index >= 15 is 0 Å². The van der Waals surface area contributed by atoms with E-state index in [1.165, 1.54) is 6.39 Å². The molecule has 3 rings (SSSR count). The Morgan fingerprint density at radius 1 is 0.875 bits per heavy atom. The standard InChI is InChI=1S/C7H5NO.C5H5N.H2O/c1-2-4-7-6(3-1)8-5-9-7;1-2-4-6-5-3-1;/h1-5H;1-5H;1H2. The van der Waals surface area contributed by atoms with E-state index in [9.17, 15) is 0 Å². The highest BCUT2D eigenvalue weighted by Crippen LogP contribution is 2.09. The number of oxazole rings is 1. The van der Waals surface area contributed by atoms with Gasteiger partial charge in [0.1, 0.15) is 5.52 Å². The fourth-order valence-electron chi connectivity index (χ4n) is 1.12. The van der Waals surface area contributed by atoms with Crippen molar-refractivity contribution in [3.8, 4) is 0 Å². The lowest BCUT2D eigenvalue weighted by atomic mass is 10.3. The van der Waals surface area contributed by atoms with Gasteiger partial charge in [-0.3, -0.25) is 4.98 Å². The Hall–Kier alpha value is -2.20. The molecule has 0 aliphatic heterocycles. The van der Waals surface area contributed by atoms with Gasteiger partial charge in [-0.2, -0.15) is 0 Å². The van der Waals surface area contributed by atoms with Crippen LogP contribution in [0.4, 0.5) is 0 Å². The number of benzene rings is 1. The largest absolute Gasteiger partial charge is 0.443 e. The van der Waals surface area contributed by atoms with Crippen molar-refractivity contribution in [2.45, 2.75) is 0 Å². The van der Waals surface area contributed by atoms with Crippen molar-refractivity contribution >= 4 is 11.1 Å². The van der Waals surface area contributed by atoms with Gasteiger partial charge in [-0.25, -0.2) is 4.98 Å². The molecule has 0 saturated carbocycles. The van der Waals surface area contributed by atoms with Gasteiger partial charge in [-0.15, -0.1) is 0 Å². The van der Waals surface area contributed by atoms with Gasteiger partial charge in [-0.1, -0.05) is 18.2 Å². The van der Waals surface area contributed by atoms with Crippen LogP contribution in [0.5, 0.6) is 0 Å². The Morgan fingerprint density at radius 3 is 2.19 bits per heavy atom. The molecule has 0 atom stereocenters. The highest BCUT2D eigenvalue weighted by molar-refractivity contribution is 5.71.